The number of nitriles is 1. The van der Waals surface area contributed by atoms with Crippen molar-refractivity contribution in [3.63, 3.8) is 0 Å². The molecule has 0 spiro atoms. The highest BCUT2D eigenvalue weighted by molar-refractivity contribution is 6.03. The molecule has 0 radical (unpaired) electrons. The van der Waals surface area contributed by atoms with E-state index in [1.807, 2.05) is 0 Å². The molecule has 25 heavy (non-hydrogen) atoms. The maximum Gasteiger partial charge on any atom is 0.418 e. The van der Waals surface area contributed by atoms with Crippen LogP contribution in [0.25, 0.3) is 0 Å². The summed E-state index contributed by atoms with van der Waals surface area (Å²) < 4.78 is 40.6. The van der Waals surface area contributed by atoms with Crippen LogP contribution in [-0.2, 0) is 11.0 Å². The van der Waals surface area contributed by atoms with Crippen molar-refractivity contribution in [2.75, 3.05) is 24.5 Å². The zero-order valence-corrected chi connectivity index (χ0v) is 13.2. The number of rotatable bonds is 2. The van der Waals surface area contributed by atoms with Gasteiger partial charge < -0.3 is 10.2 Å². The van der Waals surface area contributed by atoms with E-state index in [2.05, 4.69) is 21.9 Å². The highest BCUT2D eigenvalue weighted by Crippen LogP contribution is 2.38. The molecule has 0 aromatic heterocycles. The second-order valence-electron chi connectivity index (χ2n) is 5.97. The molecule has 3 rings (SSSR count). The average Bonchev–Trinajstić information content (AvgIpc) is 2.61. The quantitative estimate of drug-likeness (QED) is 0.852. The number of carbonyl (C=O) groups excluding carboxylic acids is 1. The number of carbonyl (C=O) groups is 1. The van der Waals surface area contributed by atoms with Crippen LogP contribution in [0.15, 0.2) is 23.3 Å². The Morgan fingerprint density at radius 3 is 2.56 bits per heavy atom. The molecule has 1 amide bonds. The summed E-state index contributed by atoms with van der Waals surface area (Å²) in [6, 6.07) is 6.17. The molecule has 1 aromatic carbocycles. The highest BCUT2D eigenvalue weighted by atomic mass is 19.4. The number of hydrogen-bond acceptors (Lipinski definition) is 5. The van der Waals surface area contributed by atoms with Gasteiger partial charge in [-0.1, -0.05) is 0 Å². The standard InChI is InChI=1S/C16H16F3N5O/c17-16(18,19)12-7-11(15-21-9-14(25)22-23-15)1-2-13(12)24-5-3-10(8-20)4-6-24/h1-2,7,10H,3-6,9H2,(H,21,23)(H,22,25). The third-order valence-electron chi connectivity index (χ3n) is 4.30. The van der Waals surface area contributed by atoms with Crippen molar-refractivity contribution >= 4 is 17.4 Å². The van der Waals surface area contributed by atoms with Gasteiger partial charge in [0.25, 0.3) is 5.91 Å². The smallest absolute Gasteiger partial charge is 0.371 e. The lowest BCUT2D eigenvalue weighted by Gasteiger charge is -2.33. The number of hydrogen-bond donors (Lipinski definition) is 2. The molecular formula is C16H16F3N5O. The van der Waals surface area contributed by atoms with Gasteiger partial charge in [-0.05, 0) is 31.0 Å². The molecule has 1 saturated heterocycles. The highest BCUT2D eigenvalue weighted by Gasteiger charge is 2.36. The number of nitrogens with one attached hydrogen (secondary N) is 2. The van der Waals surface area contributed by atoms with Gasteiger partial charge in [0, 0.05) is 30.3 Å². The number of nitrogens with zero attached hydrogens (tertiary/aromatic N) is 3. The van der Waals surface area contributed by atoms with Gasteiger partial charge in [-0.25, -0.2) is 5.43 Å². The Hall–Kier alpha value is -2.76. The van der Waals surface area contributed by atoms with E-state index in [4.69, 9.17) is 5.26 Å². The molecule has 0 bridgehead atoms. The second kappa shape index (κ2) is 6.63. The maximum atomic E-state index is 13.5. The van der Waals surface area contributed by atoms with Crippen LogP contribution < -0.4 is 15.6 Å². The molecule has 2 heterocycles. The summed E-state index contributed by atoms with van der Waals surface area (Å²) in [4.78, 5) is 12.8. The minimum atomic E-state index is -4.52. The normalized spacial score (nSPS) is 18.9. The van der Waals surface area contributed by atoms with Crippen LogP contribution in [0.5, 0.6) is 0 Å². The molecule has 0 atom stereocenters. The van der Waals surface area contributed by atoms with Gasteiger partial charge in [-0.3, -0.25) is 4.79 Å². The Labute approximate surface area is 142 Å². The molecule has 1 aromatic rings. The van der Waals surface area contributed by atoms with Crippen LogP contribution in [0.1, 0.15) is 24.0 Å². The third kappa shape index (κ3) is 3.68. The predicted octanol–water partition coefficient (Wildman–Crippen LogP) is 1.83. The van der Waals surface area contributed by atoms with Crippen LogP contribution in [0.4, 0.5) is 18.9 Å². The van der Waals surface area contributed by atoms with Crippen LogP contribution in [-0.4, -0.2) is 31.4 Å². The van der Waals surface area contributed by atoms with Crippen molar-refractivity contribution in [3.05, 3.63) is 29.3 Å². The minimum Gasteiger partial charge on any atom is -0.371 e. The molecule has 0 aliphatic carbocycles. The summed E-state index contributed by atoms with van der Waals surface area (Å²) in [5.41, 5.74) is 1.85. The van der Waals surface area contributed by atoms with E-state index in [1.54, 1.807) is 11.0 Å². The number of alkyl halides is 3. The van der Waals surface area contributed by atoms with Crippen molar-refractivity contribution in [1.82, 2.24) is 10.7 Å². The second-order valence-corrected chi connectivity index (χ2v) is 5.97. The van der Waals surface area contributed by atoms with Crippen LogP contribution in [0.2, 0.25) is 0 Å². The Kier molecular flexibility index (Phi) is 4.53. The summed E-state index contributed by atoms with van der Waals surface area (Å²) in [5, 5.41) is 15.4. The molecule has 1 fully saturated rings. The van der Waals surface area contributed by atoms with Crippen molar-refractivity contribution in [3.8, 4) is 6.07 Å². The van der Waals surface area contributed by atoms with E-state index >= 15 is 0 Å². The Morgan fingerprint density at radius 1 is 1.28 bits per heavy atom. The van der Waals surface area contributed by atoms with Crippen molar-refractivity contribution in [2.45, 2.75) is 19.0 Å². The van der Waals surface area contributed by atoms with E-state index in [0.29, 0.717) is 25.9 Å². The molecule has 6 nitrogen and oxygen atoms in total. The van der Waals surface area contributed by atoms with Gasteiger partial charge >= 0.3 is 6.18 Å². The fourth-order valence-corrected chi connectivity index (χ4v) is 2.96. The monoisotopic (exact) mass is 351 g/mol. The first-order chi connectivity index (χ1) is 11.9. The molecule has 2 aliphatic heterocycles. The fourth-order valence-electron chi connectivity index (χ4n) is 2.96. The molecule has 2 aliphatic rings. The lowest BCUT2D eigenvalue weighted by molar-refractivity contribution is -0.137. The van der Waals surface area contributed by atoms with E-state index in [1.165, 1.54) is 6.07 Å². The number of anilines is 1. The summed E-state index contributed by atoms with van der Waals surface area (Å²) in [6.07, 6.45) is -3.42. The molecule has 2 N–H and O–H groups in total. The number of amides is 1. The maximum absolute atomic E-state index is 13.5. The summed E-state index contributed by atoms with van der Waals surface area (Å²) in [6.45, 7) is 0.787. The number of amidine groups is 1. The molecular weight excluding hydrogens is 335 g/mol. The Morgan fingerprint density at radius 2 is 2.00 bits per heavy atom. The lowest BCUT2D eigenvalue weighted by atomic mass is 9.97. The van der Waals surface area contributed by atoms with Crippen LogP contribution in [0, 0.1) is 17.2 Å². The summed E-state index contributed by atoms with van der Waals surface area (Å²) in [7, 11) is 0. The van der Waals surface area contributed by atoms with Gasteiger partial charge in [0.15, 0.2) is 5.84 Å². The van der Waals surface area contributed by atoms with Gasteiger partial charge in [0.05, 0.1) is 18.2 Å². The average molecular weight is 351 g/mol. The Balaban J connectivity index is 1.92. The van der Waals surface area contributed by atoms with E-state index < -0.39 is 11.7 Å². The van der Waals surface area contributed by atoms with Gasteiger partial charge in [0.2, 0.25) is 0 Å². The van der Waals surface area contributed by atoms with Gasteiger partial charge in [-0.2, -0.15) is 23.5 Å². The number of hydrazone groups is 1. The predicted molar refractivity (Wildman–Crippen MR) is 84.7 cm³/mol. The molecule has 132 valence electrons. The number of halogens is 3. The largest absolute Gasteiger partial charge is 0.418 e. The van der Waals surface area contributed by atoms with E-state index in [-0.39, 0.29) is 35.5 Å². The topological polar surface area (TPSA) is 80.5 Å². The zero-order chi connectivity index (χ0) is 18.0. The fraction of sp³-hybridized carbons (Fsp3) is 0.438. The van der Waals surface area contributed by atoms with Crippen molar-refractivity contribution in [1.29, 1.82) is 5.26 Å². The van der Waals surface area contributed by atoms with Crippen LogP contribution >= 0.6 is 0 Å². The Bertz CT molecular complexity index is 745. The molecule has 0 saturated carbocycles. The molecule has 9 heteroatoms. The first kappa shape index (κ1) is 17.1. The summed E-state index contributed by atoms with van der Waals surface area (Å²) >= 11 is 0. The van der Waals surface area contributed by atoms with E-state index in [0.717, 1.165) is 6.07 Å². The summed E-state index contributed by atoms with van der Waals surface area (Å²) in [5.74, 6) is -0.258. The first-order valence-corrected chi connectivity index (χ1v) is 7.85. The zero-order valence-electron chi connectivity index (χ0n) is 13.2. The van der Waals surface area contributed by atoms with Gasteiger partial charge in [-0.15, -0.1) is 0 Å². The van der Waals surface area contributed by atoms with Crippen molar-refractivity contribution in [2.24, 2.45) is 11.0 Å². The van der Waals surface area contributed by atoms with Gasteiger partial charge in [0.1, 0.15) is 0 Å². The van der Waals surface area contributed by atoms with Crippen molar-refractivity contribution < 1.29 is 18.0 Å². The lowest BCUT2D eigenvalue weighted by Crippen LogP contribution is -2.42. The third-order valence-corrected chi connectivity index (χ3v) is 4.30. The minimum absolute atomic E-state index is 0.0381. The first-order valence-electron chi connectivity index (χ1n) is 7.85. The SMILES string of the molecule is N#CC1CCN(c2ccc(C3=NNC(=O)CN3)cc2C(F)(F)F)CC1. The number of benzene rings is 1. The molecule has 0 unspecified atom stereocenters. The van der Waals surface area contributed by atoms with Crippen LogP contribution in [0.3, 0.4) is 0 Å². The van der Waals surface area contributed by atoms with E-state index in [9.17, 15) is 18.0 Å². The number of piperidine rings is 1.